The van der Waals surface area contributed by atoms with Crippen LogP contribution in [0.15, 0.2) is 28.1 Å². The molecule has 0 unspecified atom stereocenters. The number of amides is 1. The average Bonchev–Trinajstić information content (AvgIpc) is 2.89. The SMILES string of the molecule is CCc1cc(C(=O)NCc2ccc(Br)s2)cc(NC)n1. The molecule has 0 spiro atoms. The largest absolute Gasteiger partial charge is 0.373 e. The van der Waals surface area contributed by atoms with Gasteiger partial charge in [0.15, 0.2) is 0 Å². The third-order valence-corrected chi connectivity index (χ3v) is 4.43. The van der Waals surface area contributed by atoms with Crippen LogP contribution in [0, 0.1) is 0 Å². The summed E-state index contributed by atoms with van der Waals surface area (Å²) in [6.07, 6.45) is 0.799. The van der Waals surface area contributed by atoms with Gasteiger partial charge in [0, 0.05) is 23.2 Å². The predicted molar refractivity (Wildman–Crippen MR) is 86.4 cm³/mol. The highest BCUT2D eigenvalue weighted by Crippen LogP contribution is 2.21. The molecule has 0 aliphatic rings. The Morgan fingerprint density at radius 2 is 2.20 bits per heavy atom. The van der Waals surface area contributed by atoms with Crippen LogP contribution < -0.4 is 10.6 Å². The highest BCUT2D eigenvalue weighted by Gasteiger charge is 2.09. The molecular weight excluding hydrogens is 338 g/mol. The number of hydrogen-bond acceptors (Lipinski definition) is 4. The Labute approximate surface area is 130 Å². The molecule has 20 heavy (non-hydrogen) atoms. The van der Waals surface area contributed by atoms with Gasteiger partial charge < -0.3 is 10.6 Å². The summed E-state index contributed by atoms with van der Waals surface area (Å²) < 4.78 is 1.07. The second-order valence-corrected chi connectivity index (χ2v) is 6.77. The fraction of sp³-hybridized carbons (Fsp3) is 0.286. The van der Waals surface area contributed by atoms with Crippen molar-refractivity contribution in [2.24, 2.45) is 0 Å². The smallest absolute Gasteiger partial charge is 0.251 e. The molecule has 0 aromatic carbocycles. The molecule has 4 nitrogen and oxygen atoms in total. The van der Waals surface area contributed by atoms with Gasteiger partial charge in [0.2, 0.25) is 0 Å². The molecule has 6 heteroatoms. The van der Waals surface area contributed by atoms with E-state index in [0.717, 1.165) is 20.8 Å². The Balaban J connectivity index is 2.08. The zero-order valence-electron chi connectivity index (χ0n) is 11.4. The lowest BCUT2D eigenvalue weighted by Gasteiger charge is -2.08. The van der Waals surface area contributed by atoms with Gasteiger partial charge in [0.1, 0.15) is 5.82 Å². The summed E-state index contributed by atoms with van der Waals surface area (Å²) >= 11 is 5.03. The Morgan fingerprint density at radius 1 is 1.40 bits per heavy atom. The maximum absolute atomic E-state index is 12.2. The number of anilines is 1. The van der Waals surface area contributed by atoms with Gasteiger partial charge in [-0.2, -0.15) is 0 Å². The molecule has 1 amide bonds. The van der Waals surface area contributed by atoms with Crippen LogP contribution in [-0.4, -0.2) is 17.9 Å². The molecule has 0 radical (unpaired) electrons. The first kappa shape index (κ1) is 15.0. The van der Waals surface area contributed by atoms with Gasteiger partial charge in [-0.1, -0.05) is 6.92 Å². The number of nitrogens with one attached hydrogen (secondary N) is 2. The topological polar surface area (TPSA) is 54.0 Å². The van der Waals surface area contributed by atoms with Gasteiger partial charge >= 0.3 is 0 Å². The zero-order valence-corrected chi connectivity index (χ0v) is 13.8. The Morgan fingerprint density at radius 3 is 2.80 bits per heavy atom. The minimum Gasteiger partial charge on any atom is -0.373 e. The monoisotopic (exact) mass is 353 g/mol. The molecule has 0 fully saturated rings. The number of rotatable bonds is 5. The number of aromatic nitrogens is 1. The second-order valence-electron chi connectivity index (χ2n) is 4.22. The van der Waals surface area contributed by atoms with Crippen LogP contribution in [0.5, 0.6) is 0 Å². The lowest BCUT2D eigenvalue weighted by atomic mass is 10.2. The van der Waals surface area contributed by atoms with Crippen molar-refractivity contribution in [1.29, 1.82) is 0 Å². The second kappa shape index (κ2) is 6.85. The summed E-state index contributed by atoms with van der Waals surface area (Å²) in [6, 6.07) is 7.57. The van der Waals surface area contributed by atoms with Gasteiger partial charge in [-0.05, 0) is 46.6 Å². The lowest BCUT2D eigenvalue weighted by Crippen LogP contribution is -2.22. The molecule has 2 aromatic heterocycles. The first-order valence-corrected chi connectivity index (χ1v) is 7.94. The fourth-order valence-corrected chi connectivity index (χ4v) is 3.17. The highest BCUT2D eigenvalue weighted by molar-refractivity contribution is 9.11. The first-order valence-electron chi connectivity index (χ1n) is 6.33. The van der Waals surface area contributed by atoms with Crippen molar-refractivity contribution >= 4 is 39.0 Å². The van der Waals surface area contributed by atoms with Crippen LogP contribution in [0.4, 0.5) is 5.82 Å². The fourth-order valence-electron chi connectivity index (χ4n) is 1.74. The van der Waals surface area contributed by atoms with E-state index < -0.39 is 0 Å². The maximum atomic E-state index is 12.2. The summed E-state index contributed by atoms with van der Waals surface area (Å²) in [7, 11) is 1.80. The van der Waals surface area contributed by atoms with Crippen LogP contribution in [0.3, 0.4) is 0 Å². The number of hydrogen-bond donors (Lipinski definition) is 2. The van der Waals surface area contributed by atoms with Crippen molar-refractivity contribution in [3.8, 4) is 0 Å². The highest BCUT2D eigenvalue weighted by atomic mass is 79.9. The average molecular weight is 354 g/mol. The minimum atomic E-state index is -0.0804. The summed E-state index contributed by atoms with van der Waals surface area (Å²) in [5, 5.41) is 5.91. The molecule has 0 aliphatic carbocycles. The number of carbonyl (C=O) groups is 1. The standard InChI is InChI=1S/C14H16BrN3OS/c1-3-10-6-9(7-13(16-2)18-10)14(19)17-8-11-4-5-12(15)20-11/h4-7H,3,8H2,1-2H3,(H,16,18)(H,17,19). The third-order valence-electron chi connectivity index (χ3n) is 2.81. The van der Waals surface area contributed by atoms with E-state index in [1.54, 1.807) is 24.5 Å². The van der Waals surface area contributed by atoms with Gasteiger partial charge in [0.05, 0.1) is 10.3 Å². The van der Waals surface area contributed by atoms with Crippen molar-refractivity contribution in [3.05, 3.63) is 44.2 Å². The Kier molecular flexibility index (Phi) is 5.14. The quantitative estimate of drug-likeness (QED) is 0.865. The predicted octanol–water partition coefficient (Wildman–Crippen LogP) is 3.44. The number of carbonyl (C=O) groups excluding carboxylic acids is 1. The van der Waals surface area contributed by atoms with Crippen LogP contribution in [0.1, 0.15) is 27.9 Å². The van der Waals surface area contributed by atoms with Crippen LogP contribution in [0.25, 0.3) is 0 Å². The van der Waals surface area contributed by atoms with Gasteiger partial charge in [-0.3, -0.25) is 4.79 Å². The number of thiophene rings is 1. The first-order chi connectivity index (χ1) is 9.62. The molecule has 2 heterocycles. The molecule has 2 N–H and O–H groups in total. The van der Waals surface area contributed by atoms with Crippen molar-refractivity contribution in [1.82, 2.24) is 10.3 Å². The Bertz CT molecular complexity index is 590. The summed E-state index contributed by atoms with van der Waals surface area (Å²) in [6.45, 7) is 2.56. The summed E-state index contributed by atoms with van der Waals surface area (Å²) in [5.74, 6) is 0.636. The van der Waals surface area contributed by atoms with E-state index in [4.69, 9.17) is 0 Å². The molecule has 0 bridgehead atoms. The van der Waals surface area contributed by atoms with Gasteiger partial charge in [-0.25, -0.2) is 4.98 Å². The Hall–Kier alpha value is -1.40. The maximum Gasteiger partial charge on any atom is 0.251 e. The van der Waals surface area contributed by atoms with Crippen LogP contribution in [0.2, 0.25) is 0 Å². The van der Waals surface area contributed by atoms with Crippen molar-refractivity contribution < 1.29 is 4.79 Å². The minimum absolute atomic E-state index is 0.0804. The number of nitrogens with zero attached hydrogens (tertiary/aromatic N) is 1. The summed E-state index contributed by atoms with van der Waals surface area (Å²) in [4.78, 5) is 17.7. The van der Waals surface area contributed by atoms with E-state index in [1.807, 2.05) is 25.1 Å². The van der Waals surface area contributed by atoms with Crippen LogP contribution in [-0.2, 0) is 13.0 Å². The lowest BCUT2D eigenvalue weighted by molar-refractivity contribution is 0.0951. The summed E-state index contributed by atoms with van der Waals surface area (Å²) in [5.41, 5.74) is 1.54. The molecule has 0 saturated heterocycles. The molecule has 2 rings (SSSR count). The molecule has 106 valence electrons. The molecule has 0 aliphatic heterocycles. The van der Waals surface area contributed by atoms with E-state index in [1.165, 1.54) is 0 Å². The zero-order chi connectivity index (χ0) is 14.5. The van der Waals surface area contributed by atoms with Crippen molar-refractivity contribution in [2.45, 2.75) is 19.9 Å². The van der Waals surface area contributed by atoms with E-state index in [-0.39, 0.29) is 5.91 Å². The molecule has 2 aromatic rings. The normalized spacial score (nSPS) is 10.3. The van der Waals surface area contributed by atoms with E-state index in [2.05, 4.69) is 31.5 Å². The van der Waals surface area contributed by atoms with Crippen molar-refractivity contribution in [2.75, 3.05) is 12.4 Å². The van der Waals surface area contributed by atoms with E-state index in [9.17, 15) is 4.79 Å². The number of halogens is 1. The van der Waals surface area contributed by atoms with Crippen molar-refractivity contribution in [3.63, 3.8) is 0 Å². The molecule has 0 saturated carbocycles. The van der Waals surface area contributed by atoms with Gasteiger partial charge in [0.25, 0.3) is 5.91 Å². The van der Waals surface area contributed by atoms with Crippen LogP contribution >= 0.6 is 27.3 Å². The molecular formula is C14H16BrN3OS. The third kappa shape index (κ3) is 3.80. The number of pyridine rings is 1. The number of aryl methyl sites for hydroxylation is 1. The van der Waals surface area contributed by atoms with E-state index >= 15 is 0 Å². The van der Waals surface area contributed by atoms with E-state index in [0.29, 0.717) is 17.9 Å². The van der Waals surface area contributed by atoms with Gasteiger partial charge in [-0.15, -0.1) is 11.3 Å². The molecule has 0 atom stereocenters.